The van der Waals surface area contributed by atoms with Gasteiger partial charge in [-0.3, -0.25) is 4.79 Å². The Balaban J connectivity index is 2.46. The maximum atomic E-state index is 11.0. The number of hydrogen-bond acceptors (Lipinski definition) is 5. The maximum Gasteiger partial charge on any atom is 0.317 e. The fourth-order valence-corrected chi connectivity index (χ4v) is 1.05. The van der Waals surface area contributed by atoms with E-state index in [0.717, 1.165) is 0 Å². The normalized spacial score (nSPS) is 10.1. The summed E-state index contributed by atoms with van der Waals surface area (Å²) in [5.74, 6) is 0.536. The molecule has 6 nitrogen and oxygen atoms in total. The van der Waals surface area contributed by atoms with Gasteiger partial charge in [0.2, 0.25) is 11.8 Å². The standard InChI is InChI=1S/C8H13ClN4O2/c1-10-6(14)3-4-13(2)8-12-11-7(5-9)15-8/h3-5H2,1-2H3,(H,10,14). The van der Waals surface area contributed by atoms with E-state index in [1.54, 1.807) is 19.0 Å². The Morgan fingerprint density at radius 3 is 2.87 bits per heavy atom. The first-order chi connectivity index (χ1) is 7.17. The summed E-state index contributed by atoms with van der Waals surface area (Å²) in [4.78, 5) is 12.7. The van der Waals surface area contributed by atoms with Crippen LogP contribution in [0.15, 0.2) is 4.42 Å². The van der Waals surface area contributed by atoms with Gasteiger partial charge in [-0.05, 0) is 0 Å². The molecule has 0 bridgehead atoms. The van der Waals surface area contributed by atoms with Crippen LogP contribution in [0, 0.1) is 0 Å². The van der Waals surface area contributed by atoms with Crippen LogP contribution in [0.25, 0.3) is 0 Å². The number of carbonyl (C=O) groups is 1. The van der Waals surface area contributed by atoms with Crippen molar-refractivity contribution in [1.29, 1.82) is 0 Å². The van der Waals surface area contributed by atoms with Crippen LogP contribution in [0.1, 0.15) is 12.3 Å². The quantitative estimate of drug-likeness (QED) is 0.744. The zero-order valence-corrected chi connectivity index (χ0v) is 9.41. The Morgan fingerprint density at radius 1 is 1.60 bits per heavy atom. The van der Waals surface area contributed by atoms with Gasteiger partial charge in [0.1, 0.15) is 5.88 Å². The monoisotopic (exact) mass is 232 g/mol. The van der Waals surface area contributed by atoms with Crippen molar-refractivity contribution in [3.63, 3.8) is 0 Å². The maximum absolute atomic E-state index is 11.0. The molecule has 0 saturated heterocycles. The van der Waals surface area contributed by atoms with E-state index in [2.05, 4.69) is 15.5 Å². The molecule has 84 valence electrons. The lowest BCUT2D eigenvalue weighted by Crippen LogP contribution is -2.26. The van der Waals surface area contributed by atoms with Crippen molar-refractivity contribution in [1.82, 2.24) is 15.5 Å². The molecule has 0 aliphatic carbocycles. The molecule has 1 aromatic heterocycles. The molecule has 1 amide bonds. The highest BCUT2D eigenvalue weighted by molar-refractivity contribution is 6.16. The third kappa shape index (κ3) is 3.39. The van der Waals surface area contributed by atoms with Crippen LogP contribution in [0.3, 0.4) is 0 Å². The molecule has 1 heterocycles. The van der Waals surface area contributed by atoms with Gasteiger partial charge in [0.25, 0.3) is 0 Å². The summed E-state index contributed by atoms with van der Waals surface area (Å²) in [6.07, 6.45) is 0.381. The fourth-order valence-electron chi connectivity index (χ4n) is 0.943. The summed E-state index contributed by atoms with van der Waals surface area (Å²) in [5.41, 5.74) is 0. The van der Waals surface area contributed by atoms with Gasteiger partial charge in [0, 0.05) is 27.1 Å². The van der Waals surface area contributed by atoms with Gasteiger partial charge in [-0.25, -0.2) is 0 Å². The topological polar surface area (TPSA) is 71.3 Å². The molecule has 0 spiro atoms. The Morgan fingerprint density at radius 2 is 2.33 bits per heavy atom. The average Bonchev–Trinajstić information content (AvgIpc) is 2.73. The van der Waals surface area contributed by atoms with Crippen LogP contribution in [0.2, 0.25) is 0 Å². The van der Waals surface area contributed by atoms with Crippen LogP contribution in [0.4, 0.5) is 6.01 Å². The summed E-state index contributed by atoms with van der Waals surface area (Å²) < 4.78 is 5.20. The van der Waals surface area contributed by atoms with Crippen LogP contribution in [0.5, 0.6) is 0 Å². The largest absolute Gasteiger partial charge is 0.407 e. The molecule has 0 saturated carbocycles. The molecule has 0 unspecified atom stereocenters. The molecule has 0 radical (unpaired) electrons. The lowest BCUT2D eigenvalue weighted by atomic mass is 10.4. The molecule has 0 fully saturated rings. The van der Waals surface area contributed by atoms with Crippen LogP contribution in [-0.2, 0) is 10.7 Å². The minimum absolute atomic E-state index is 0.0288. The number of nitrogens with zero attached hydrogens (tertiary/aromatic N) is 3. The number of hydrogen-bond donors (Lipinski definition) is 1. The number of carbonyl (C=O) groups excluding carboxylic acids is 1. The van der Waals surface area contributed by atoms with Crippen molar-refractivity contribution in [2.75, 3.05) is 25.5 Å². The van der Waals surface area contributed by atoms with Gasteiger partial charge in [-0.15, -0.1) is 16.7 Å². The Labute approximate surface area is 92.6 Å². The highest BCUT2D eigenvalue weighted by Gasteiger charge is 2.10. The molecule has 15 heavy (non-hydrogen) atoms. The van der Waals surface area contributed by atoms with Crippen molar-refractivity contribution in [2.24, 2.45) is 0 Å². The second kappa shape index (κ2) is 5.55. The first-order valence-electron chi connectivity index (χ1n) is 4.47. The minimum atomic E-state index is -0.0288. The van der Waals surface area contributed by atoms with Gasteiger partial charge in [-0.1, -0.05) is 5.10 Å². The molecule has 0 aliphatic heterocycles. The predicted molar refractivity (Wildman–Crippen MR) is 55.8 cm³/mol. The lowest BCUT2D eigenvalue weighted by Gasteiger charge is -2.12. The smallest absolute Gasteiger partial charge is 0.317 e. The van der Waals surface area contributed by atoms with Crippen molar-refractivity contribution in [2.45, 2.75) is 12.3 Å². The van der Waals surface area contributed by atoms with Gasteiger partial charge in [-0.2, -0.15) is 0 Å². The number of halogens is 1. The highest BCUT2D eigenvalue weighted by atomic mass is 35.5. The third-order valence-corrected chi connectivity index (χ3v) is 2.08. The van der Waals surface area contributed by atoms with Gasteiger partial charge >= 0.3 is 6.01 Å². The fraction of sp³-hybridized carbons (Fsp3) is 0.625. The molecule has 1 aromatic rings. The van der Waals surface area contributed by atoms with Gasteiger partial charge in [0.05, 0.1) is 0 Å². The van der Waals surface area contributed by atoms with Crippen molar-refractivity contribution >= 4 is 23.5 Å². The summed E-state index contributed by atoms with van der Waals surface area (Å²) in [5, 5.41) is 10.0. The van der Waals surface area contributed by atoms with Crippen molar-refractivity contribution in [3.8, 4) is 0 Å². The van der Waals surface area contributed by atoms with Crippen LogP contribution in [-0.4, -0.2) is 36.7 Å². The molecule has 1 N–H and O–H groups in total. The van der Waals surface area contributed by atoms with E-state index in [-0.39, 0.29) is 11.8 Å². The number of amides is 1. The molecule has 0 aromatic carbocycles. The molecular weight excluding hydrogens is 220 g/mol. The second-order valence-corrected chi connectivity index (χ2v) is 3.22. The van der Waals surface area contributed by atoms with Crippen molar-refractivity contribution in [3.05, 3.63) is 5.89 Å². The summed E-state index contributed by atoms with van der Waals surface area (Å²) in [6, 6.07) is 0.370. The number of rotatable bonds is 5. The number of aromatic nitrogens is 2. The molecule has 1 rings (SSSR count). The molecular formula is C8H13ClN4O2. The summed E-state index contributed by atoms with van der Waals surface area (Å²) in [6.45, 7) is 0.517. The second-order valence-electron chi connectivity index (χ2n) is 2.96. The zero-order valence-electron chi connectivity index (χ0n) is 8.66. The van der Waals surface area contributed by atoms with E-state index in [1.165, 1.54) is 0 Å². The third-order valence-electron chi connectivity index (χ3n) is 1.85. The Bertz CT molecular complexity index is 328. The Kier molecular flexibility index (Phi) is 4.36. The molecule has 7 heteroatoms. The lowest BCUT2D eigenvalue weighted by molar-refractivity contribution is -0.120. The SMILES string of the molecule is CNC(=O)CCN(C)c1nnc(CCl)o1. The van der Waals surface area contributed by atoms with Gasteiger partial charge < -0.3 is 14.6 Å². The van der Waals surface area contributed by atoms with Gasteiger partial charge in [0.15, 0.2) is 0 Å². The summed E-state index contributed by atoms with van der Waals surface area (Å²) >= 11 is 5.52. The molecule has 0 aliphatic rings. The first-order valence-corrected chi connectivity index (χ1v) is 5.01. The van der Waals surface area contributed by atoms with Crippen molar-refractivity contribution < 1.29 is 9.21 Å². The number of anilines is 1. The zero-order chi connectivity index (χ0) is 11.3. The minimum Gasteiger partial charge on any atom is -0.407 e. The van der Waals surface area contributed by atoms with E-state index < -0.39 is 0 Å². The summed E-state index contributed by atoms with van der Waals surface area (Å²) in [7, 11) is 3.37. The molecule has 0 atom stereocenters. The number of alkyl halides is 1. The Hall–Kier alpha value is -1.30. The average molecular weight is 233 g/mol. The van der Waals surface area contributed by atoms with E-state index >= 15 is 0 Å². The van der Waals surface area contributed by atoms with E-state index in [1.807, 2.05) is 0 Å². The predicted octanol–water partition coefficient (Wildman–Crippen LogP) is 0.381. The van der Waals surface area contributed by atoms with E-state index in [4.69, 9.17) is 16.0 Å². The highest BCUT2D eigenvalue weighted by Crippen LogP contribution is 2.11. The first kappa shape index (κ1) is 11.8. The van der Waals surface area contributed by atoms with E-state index in [9.17, 15) is 4.79 Å². The van der Waals surface area contributed by atoms with E-state index in [0.29, 0.717) is 24.9 Å². The number of nitrogens with one attached hydrogen (secondary N) is 1. The van der Waals surface area contributed by atoms with Crippen LogP contribution >= 0.6 is 11.6 Å². The van der Waals surface area contributed by atoms with Crippen LogP contribution < -0.4 is 10.2 Å².